The van der Waals surface area contributed by atoms with Crippen LogP contribution in [0.3, 0.4) is 0 Å². The third-order valence-corrected chi connectivity index (χ3v) is 4.91. The summed E-state index contributed by atoms with van der Waals surface area (Å²) in [6.45, 7) is 0. The zero-order valence-electron chi connectivity index (χ0n) is 17.9. The molecule has 186 valence electrons. The lowest BCUT2D eigenvalue weighted by atomic mass is 10.2. The Labute approximate surface area is 205 Å². The normalized spacial score (nSPS) is 12.2. The van der Waals surface area contributed by atoms with Crippen LogP contribution in [0.25, 0.3) is 16.9 Å². The first kappa shape index (κ1) is 25.0. The molecular formula is C23H15F6N5OS. The lowest BCUT2D eigenvalue weighted by Crippen LogP contribution is -2.25. The first-order valence-electron chi connectivity index (χ1n) is 10.1. The molecule has 2 N–H and O–H groups in total. The number of imidazole rings is 1. The van der Waals surface area contributed by atoms with Crippen molar-refractivity contribution in [2.24, 2.45) is 5.10 Å². The molecule has 6 nitrogen and oxygen atoms in total. The van der Waals surface area contributed by atoms with Crippen molar-refractivity contribution in [3.8, 4) is 17.0 Å². The summed E-state index contributed by atoms with van der Waals surface area (Å²) in [5.41, 5.74) is 3.70. The quantitative estimate of drug-likeness (QED) is 0.140. The molecule has 0 atom stereocenters. The van der Waals surface area contributed by atoms with Crippen LogP contribution < -0.4 is 15.5 Å². The van der Waals surface area contributed by atoms with E-state index >= 15 is 0 Å². The van der Waals surface area contributed by atoms with E-state index in [1.165, 1.54) is 48.7 Å². The first-order chi connectivity index (χ1) is 17.0. The topological polar surface area (TPSA) is 63.0 Å². The van der Waals surface area contributed by atoms with Crippen molar-refractivity contribution < 1.29 is 31.1 Å². The Morgan fingerprint density at radius 2 is 1.67 bits per heavy atom. The number of hydrogen-bond acceptors (Lipinski definition) is 4. The maximum Gasteiger partial charge on any atom is 0.573 e. The summed E-state index contributed by atoms with van der Waals surface area (Å²) in [4.78, 5) is 4.43. The number of nitrogens with zero attached hydrogens (tertiary/aromatic N) is 3. The minimum absolute atomic E-state index is 0.133. The van der Waals surface area contributed by atoms with Gasteiger partial charge in [-0.3, -0.25) is 5.43 Å². The van der Waals surface area contributed by atoms with Crippen LogP contribution in [0.15, 0.2) is 78.2 Å². The Hall–Kier alpha value is -4.13. The van der Waals surface area contributed by atoms with Gasteiger partial charge in [0.15, 0.2) is 5.11 Å². The van der Waals surface area contributed by atoms with Gasteiger partial charge in [0.25, 0.3) is 0 Å². The number of nitrogens with one attached hydrogen (secondary N) is 2. The molecule has 4 rings (SSSR count). The highest BCUT2D eigenvalue weighted by Crippen LogP contribution is 2.34. The van der Waals surface area contributed by atoms with E-state index in [9.17, 15) is 26.3 Å². The fourth-order valence-corrected chi connectivity index (χ4v) is 3.37. The van der Waals surface area contributed by atoms with E-state index in [2.05, 4.69) is 25.6 Å². The van der Waals surface area contributed by atoms with Gasteiger partial charge in [-0.2, -0.15) is 18.3 Å². The Morgan fingerprint density at radius 3 is 2.36 bits per heavy atom. The van der Waals surface area contributed by atoms with Gasteiger partial charge in [-0.25, -0.2) is 4.98 Å². The smallest absolute Gasteiger partial charge is 0.406 e. The van der Waals surface area contributed by atoms with E-state index in [1.54, 1.807) is 28.9 Å². The second kappa shape index (κ2) is 9.85. The third kappa shape index (κ3) is 6.30. The second-order valence-electron chi connectivity index (χ2n) is 7.29. The molecule has 0 aliphatic rings. The van der Waals surface area contributed by atoms with Crippen LogP contribution in [0.2, 0.25) is 0 Å². The molecule has 0 amide bonds. The number of para-hydroxylation sites is 1. The second-order valence-corrected chi connectivity index (χ2v) is 7.70. The average molecular weight is 523 g/mol. The summed E-state index contributed by atoms with van der Waals surface area (Å²) >= 11 is 5.02. The Balaban J connectivity index is 1.42. The largest absolute Gasteiger partial charge is 0.573 e. The van der Waals surface area contributed by atoms with Gasteiger partial charge in [0.2, 0.25) is 0 Å². The number of alkyl halides is 6. The Kier molecular flexibility index (Phi) is 6.84. The molecule has 0 unspecified atom stereocenters. The van der Waals surface area contributed by atoms with E-state index in [0.29, 0.717) is 22.5 Å². The van der Waals surface area contributed by atoms with E-state index in [0.717, 1.165) is 6.07 Å². The fraction of sp³-hybridized carbons (Fsp3) is 0.0870. The summed E-state index contributed by atoms with van der Waals surface area (Å²) in [7, 11) is 0. The molecule has 0 aliphatic carbocycles. The van der Waals surface area contributed by atoms with E-state index in [-0.39, 0.29) is 16.5 Å². The molecule has 13 heteroatoms. The highest BCUT2D eigenvalue weighted by atomic mass is 32.1. The maximum absolute atomic E-state index is 13.1. The SMILES string of the molecule is FC(F)(F)Oc1ccc(-c2cn3cc(/C=N/NC(=S)Nc4ccccc4C(F)(F)F)ccc3n2)cc1. The molecule has 0 radical (unpaired) electrons. The standard InChI is InChI=1S/C23H15F6N5OS/c24-22(25,26)17-3-1-2-4-18(17)32-21(36)33-30-11-14-5-10-20-31-19(13-34(20)12-14)15-6-8-16(9-7-15)35-23(27,28)29/h1-13H,(H2,32,33,36)/b30-11+. The lowest BCUT2D eigenvalue weighted by molar-refractivity contribution is -0.274. The molecule has 0 bridgehead atoms. The zero-order valence-corrected chi connectivity index (χ0v) is 18.7. The maximum atomic E-state index is 13.1. The number of hydrogen-bond donors (Lipinski definition) is 2. The lowest BCUT2D eigenvalue weighted by Gasteiger charge is -2.14. The van der Waals surface area contributed by atoms with E-state index < -0.39 is 18.1 Å². The number of hydrazone groups is 1. The van der Waals surface area contributed by atoms with Gasteiger partial charge in [0, 0.05) is 23.5 Å². The third-order valence-electron chi connectivity index (χ3n) is 4.72. The van der Waals surface area contributed by atoms with Crippen molar-refractivity contribution in [3.63, 3.8) is 0 Å². The molecular weight excluding hydrogens is 508 g/mol. The first-order valence-corrected chi connectivity index (χ1v) is 10.5. The zero-order chi connectivity index (χ0) is 25.9. The van der Waals surface area contributed by atoms with Crippen LogP contribution in [0.4, 0.5) is 32.0 Å². The molecule has 0 fully saturated rings. The van der Waals surface area contributed by atoms with Crippen LogP contribution in [-0.2, 0) is 6.18 Å². The van der Waals surface area contributed by atoms with E-state index in [4.69, 9.17) is 12.2 Å². The van der Waals surface area contributed by atoms with Crippen molar-refractivity contribution in [1.82, 2.24) is 14.8 Å². The molecule has 2 aromatic carbocycles. The molecule has 0 spiro atoms. The number of rotatable bonds is 5. The van der Waals surface area contributed by atoms with Crippen LogP contribution in [0.1, 0.15) is 11.1 Å². The number of pyridine rings is 1. The number of anilines is 1. The molecule has 2 aromatic heterocycles. The number of ether oxygens (including phenoxy) is 1. The minimum atomic E-state index is -4.77. The molecule has 4 aromatic rings. The van der Waals surface area contributed by atoms with Crippen molar-refractivity contribution in [3.05, 3.63) is 84.2 Å². The summed E-state index contributed by atoms with van der Waals surface area (Å²) in [6, 6.07) is 13.6. The highest BCUT2D eigenvalue weighted by molar-refractivity contribution is 7.80. The van der Waals surface area contributed by atoms with Crippen LogP contribution in [0, 0.1) is 0 Å². The number of fused-ring (bicyclic) bond motifs is 1. The van der Waals surface area contributed by atoms with Gasteiger partial charge in [-0.05, 0) is 60.7 Å². The predicted octanol–water partition coefficient (Wildman–Crippen LogP) is 6.24. The predicted molar refractivity (Wildman–Crippen MR) is 126 cm³/mol. The van der Waals surface area contributed by atoms with Gasteiger partial charge < -0.3 is 14.5 Å². The van der Waals surface area contributed by atoms with Crippen molar-refractivity contribution in [2.75, 3.05) is 5.32 Å². The van der Waals surface area contributed by atoms with Crippen LogP contribution in [0.5, 0.6) is 5.75 Å². The minimum Gasteiger partial charge on any atom is -0.406 e. The number of halogens is 6. The van der Waals surface area contributed by atoms with Crippen molar-refractivity contribution >= 4 is 34.9 Å². The summed E-state index contributed by atoms with van der Waals surface area (Å²) < 4.78 is 81.8. The summed E-state index contributed by atoms with van der Waals surface area (Å²) in [6.07, 6.45) is -4.54. The van der Waals surface area contributed by atoms with Gasteiger partial charge >= 0.3 is 12.5 Å². The summed E-state index contributed by atoms with van der Waals surface area (Å²) in [5, 5.41) is 6.28. The number of thiocarbonyl (C=S) groups is 1. The molecule has 2 heterocycles. The van der Waals surface area contributed by atoms with Crippen molar-refractivity contribution in [1.29, 1.82) is 0 Å². The number of benzene rings is 2. The Bertz CT molecular complexity index is 1410. The van der Waals surface area contributed by atoms with Gasteiger partial charge in [-0.15, -0.1) is 13.2 Å². The summed E-state index contributed by atoms with van der Waals surface area (Å²) in [5.74, 6) is -0.338. The highest BCUT2D eigenvalue weighted by Gasteiger charge is 2.33. The van der Waals surface area contributed by atoms with Crippen molar-refractivity contribution in [2.45, 2.75) is 12.5 Å². The fourth-order valence-electron chi connectivity index (χ4n) is 3.21. The Morgan fingerprint density at radius 1 is 0.944 bits per heavy atom. The average Bonchev–Trinajstić information content (AvgIpc) is 3.21. The molecule has 36 heavy (non-hydrogen) atoms. The molecule has 0 saturated carbocycles. The van der Waals surface area contributed by atoms with Gasteiger partial charge in [0.05, 0.1) is 23.2 Å². The number of aromatic nitrogens is 2. The van der Waals surface area contributed by atoms with Crippen LogP contribution in [-0.4, -0.2) is 27.1 Å². The van der Waals surface area contributed by atoms with Crippen LogP contribution >= 0.6 is 12.2 Å². The molecule has 0 aliphatic heterocycles. The molecule has 0 saturated heterocycles. The van der Waals surface area contributed by atoms with E-state index in [1.807, 2.05) is 0 Å². The monoisotopic (exact) mass is 523 g/mol. The van der Waals surface area contributed by atoms with Gasteiger partial charge in [0.1, 0.15) is 11.4 Å². The van der Waals surface area contributed by atoms with Gasteiger partial charge in [-0.1, -0.05) is 12.1 Å².